The van der Waals surface area contributed by atoms with Crippen molar-refractivity contribution in [2.45, 2.75) is 25.5 Å². The number of benzene rings is 2. The first-order valence-corrected chi connectivity index (χ1v) is 9.77. The van der Waals surface area contributed by atoms with Crippen LogP contribution in [0.25, 0.3) is 0 Å². The first kappa shape index (κ1) is 20.5. The van der Waals surface area contributed by atoms with E-state index >= 15 is 0 Å². The van der Waals surface area contributed by atoms with Crippen LogP contribution in [0.2, 0.25) is 0 Å². The van der Waals surface area contributed by atoms with Crippen LogP contribution in [0.15, 0.2) is 47.5 Å². The fraction of sp³-hybridized carbons (Fsp3) is 0.250. The fourth-order valence-corrected chi connectivity index (χ4v) is 3.97. The number of carbonyl (C=O) groups is 2. The number of nitro groups is 1. The Labute approximate surface area is 172 Å². The molecule has 0 bridgehead atoms. The van der Waals surface area contributed by atoms with Crippen LogP contribution in [-0.2, 0) is 9.59 Å². The van der Waals surface area contributed by atoms with Crippen LogP contribution in [0, 0.1) is 24.0 Å². The molecule has 0 spiro atoms. The summed E-state index contributed by atoms with van der Waals surface area (Å²) in [6, 6.07) is 11.7. The third-order valence-electron chi connectivity index (χ3n) is 4.60. The van der Waals surface area contributed by atoms with E-state index in [0.717, 1.165) is 16.8 Å². The van der Waals surface area contributed by atoms with E-state index in [0.29, 0.717) is 5.17 Å². The number of rotatable bonds is 5. The Bertz CT molecular complexity index is 1020. The van der Waals surface area contributed by atoms with E-state index in [1.54, 1.807) is 13.1 Å². The summed E-state index contributed by atoms with van der Waals surface area (Å²) >= 11 is 1.21. The number of amidine groups is 1. The van der Waals surface area contributed by atoms with Crippen molar-refractivity contribution in [3.8, 4) is 0 Å². The van der Waals surface area contributed by atoms with Gasteiger partial charge in [0.25, 0.3) is 5.69 Å². The van der Waals surface area contributed by atoms with Gasteiger partial charge < -0.3 is 5.32 Å². The number of hydrogen-bond donors (Lipinski definition) is 1. The third kappa shape index (κ3) is 4.62. The molecule has 2 aromatic rings. The molecule has 1 aliphatic heterocycles. The lowest BCUT2D eigenvalue weighted by molar-refractivity contribution is -0.383. The van der Waals surface area contributed by atoms with Gasteiger partial charge in [-0.05, 0) is 43.2 Å². The summed E-state index contributed by atoms with van der Waals surface area (Å²) in [5.74, 6) is -0.693. The number of nitrogens with zero attached hydrogens (tertiary/aromatic N) is 3. The Morgan fingerprint density at radius 1 is 1.24 bits per heavy atom. The molecule has 0 aromatic heterocycles. The van der Waals surface area contributed by atoms with Crippen LogP contribution in [0.3, 0.4) is 0 Å². The molecule has 150 valence electrons. The molecule has 3 rings (SSSR count). The Morgan fingerprint density at radius 2 is 1.97 bits per heavy atom. The lowest BCUT2D eigenvalue weighted by Gasteiger charge is -2.09. The average Bonchev–Trinajstić information content (AvgIpc) is 2.92. The number of aryl methyl sites for hydroxylation is 2. The minimum Gasteiger partial charge on any atom is -0.320 e. The Hall–Kier alpha value is -3.20. The zero-order valence-corrected chi connectivity index (χ0v) is 17.0. The van der Waals surface area contributed by atoms with Crippen LogP contribution >= 0.6 is 11.8 Å². The zero-order chi connectivity index (χ0) is 21.1. The molecule has 1 heterocycles. The minimum absolute atomic E-state index is 0.105. The molecule has 0 aliphatic carbocycles. The standard InChI is InChI=1S/C20H20N4O4S/c1-12-8-9-14(10-13(12)2)21-20-23(3)19(26)17(29-20)11-18(25)22-15-6-4-5-7-16(15)24(27)28/h4-10,17H,11H2,1-3H3,(H,22,25)/t17-/m0/s1. The normalized spacial score (nSPS) is 17.6. The van der Waals surface area contributed by atoms with Gasteiger partial charge in [0.1, 0.15) is 10.9 Å². The smallest absolute Gasteiger partial charge is 0.292 e. The van der Waals surface area contributed by atoms with Gasteiger partial charge in [-0.25, -0.2) is 4.99 Å². The molecule has 29 heavy (non-hydrogen) atoms. The number of nitrogens with one attached hydrogen (secondary N) is 1. The van der Waals surface area contributed by atoms with Crippen LogP contribution < -0.4 is 5.32 Å². The molecule has 0 saturated carbocycles. The maximum atomic E-state index is 12.5. The minimum atomic E-state index is -0.631. The van der Waals surface area contributed by atoms with Crippen molar-refractivity contribution in [2.24, 2.45) is 4.99 Å². The monoisotopic (exact) mass is 412 g/mol. The van der Waals surface area contributed by atoms with Crippen molar-refractivity contribution in [3.63, 3.8) is 0 Å². The van der Waals surface area contributed by atoms with Crippen molar-refractivity contribution < 1.29 is 14.5 Å². The Kier molecular flexibility index (Phi) is 5.97. The lowest BCUT2D eigenvalue weighted by Crippen LogP contribution is -2.30. The zero-order valence-electron chi connectivity index (χ0n) is 16.2. The van der Waals surface area contributed by atoms with Gasteiger partial charge in [0.05, 0.1) is 10.6 Å². The Balaban J connectivity index is 1.71. The topological polar surface area (TPSA) is 105 Å². The molecule has 1 atom stereocenters. The molecule has 0 radical (unpaired) electrons. The highest BCUT2D eigenvalue weighted by Crippen LogP contribution is 2.32. The lowest BCUT2D eigenvalue weighted by atomic mass is 10.1. The van der Waals surface area contributed by atoms with Gasteiger partial charge >= 0.3 is 0 Å². The van der Waals surface area contributed by atoms with Crippen molar-refractivity contribution in [3.05, 3.63) is 63.7 Å². The van der Waals surface area contributed by atoms with Gasteiger partial charge in [0, 0.05) is 19.5 Å². The van der Waals surface area contributed by atoms with Crippen molar-refractivity contribution in [2.75, 3.05) is 12.4 Å². The van der Waals surface area contributed by atoms with Crippen LogP contribution in [0.1, 0.15) is 17.5 Å². The number of thioether (sulfide) groups is 1. The first-order chi connectivity index (χ1) is 13.8. The van der Waals surface area contributed by atoms with Crippen LogP contribution in [0.4, 0.5) is 17.1 Å². The summed E-state index contributed by atoms with van der Waals surface area (Å²) in [4.78, 5) is 41.4. The molecular formula is C20H20N4O4S. The quantitative estimate of drug-likeness (QED) is 0.594. The number of carbonyl (C=O) groups excluding carboxylic acids is 2. The molecule has 8 nitrogen and oxygen atoms in total. The average molecular weight is 412 g/mol. The maximum Gasteiger partial charge on any atom is 0.292 e. The highest BCUT2D eigenvalue weighted by Gasteiger charge is 2.37. The fourth-order valence-electron chi connectivity index (χ4n) is 2.81. The molecule has 0 unspecified atom stereocenters. The van der Waals surface area contributed by atoms with Gasteiger partial charge in [-0.3, -0.25) is 24.6 Å². The number of anilines is 1. The second kappa shape index (κ2) is 8.44. The van der Waals surface area contributed by atoms with E-state index in [1.807, 2.05) is 32.0 Å². The highest BCUT2D eigenvalue weighted by molar-refractivity contribution is 8.15. The van der Waals surface area contributed by atoms with Crippen molar-refractivity contribution in [1.29, 1.82) is 0 Å². The van der Waals surface area contributed by atoms with Crippen LogP contribution in [0.5, 0.6) is 0 Å². The number of aliphatic imine (C=N–C) groups is 1. The summed E-state index contributed by atoms with van der Waals surface area (Å²) in [6.07, 6.45) is -0.105. The third-order valence-corrected chi connectivity index (χ3v) is 5.83. The highest BCUT2D eigenvalue weighted by atomic mass is 32.2. The number of para-hydroxylation sites is 2. The van der Waals surface area contributed by atoms with E-state index in [9.17, 15) is 19.7 Å². The van der Waals surface area contributed by atoms with Crippen molar-refractivity contribution in [1.82, 2.24) is 4.90 Å². The SMILES string of the molecule is Cc1ccc(N=C2S[C@@H](CC(=O)Nc3ccccc3[N+](=O)[O-])C(=O)N2C)cc1C. The molecule has 1 aliphatic rings. The predicted molar refractivity (Wildman–Crippen MR) is 114 cm³/mol. The van der Waals surface area contributed by atoms with Gasteiger partial charge in [0.15, 0.2) is 5.17 Å². The number of nitro benzene ring substituents is 1. The summed E-state index contributed by atoms with van der Waals surface area (Å²) < 4.78 is 0. The van der Waals surface area contributed by atoms with Gasteiger partial charge in [0.2, 0.25) is 11.8 Å². The van der Waals surface area contributed by atoms with Gasteiger partial charge in [-0.15, -0.1) is 0 Å². The molecular weight excluding hydrogens is 392 g/mol. The molecule has 1 N–H and O–H groups in total. The summed E-state index contributed by atoms with van der Waals surface area (Å²) in [5, 5.41) is 13.5. The number of hydrogen-bond acceptors (Lipinski definition) is 6. The van der Waals surface area contributed by atoms with E-state index in [2.05, 4.69) is 10.3 Å². The largest absolute Gasteiger partial charge is 0.320 e. The number of amides is 2. The Morgan fingerprint density at radius 3 is 2.66 bits per heavy atom. The second-order valence-corrected chi connectivity index (χ2v) is 7.86. The van der Waals surface area contributed by atoms with E-state index in [1.165, 1.54) is 34.9 Å². The molecule has 2 amide bonds. The van der Waals surface area contributed by atoms with Crippen LogP contribution in [-0.4, -0.2) is 39.1 Å². The first-order valence-electron chi connectivity index (χ1n) is 8.89. The maximum absolute atomic E-state index is 12.5. The molecule has 1 saturated heterocycles. The molecule has 9 heteroatoms. The van der Waals surface area contributed by atoms with Gasteiger partial charge in [-0.2, -0.15) is 0 Å². The predicted octanol–water partition coefficient (Wildman–Crippen LogP) is 3.80. The summed E-state index contributed by atoms with van der Waals surface area (Å²) in [5.41, 5.74) is 2.90. The molecule has 1 fully saturated rings. The molecule has 2 aromatic carbocycles. The van der Waals surface area contributed by atoms with E-state index < -0.39 is 16.1 Å². The second-order valence-electron chi connectivity index (χ2n) is 6.69. The van der Waals surface area contributed by atoms with E-state index in [4.69, 9.17) is 0 Å². The summed E-state index contributed by atoms with van der Waals surface area (Å²) in [6.45, 7) is 4.00. The van der Waals surface area contributed by atoms with Gasteiger partial charge in [-0.1, -0.05) is 30.0 Å². The van der Waals surface area contributed by atoms with Crippen molar-refractivity contribution >= 4 is 45.8 Å². The van der Waals surface area contributed by atoms with E-state index in [-0.39, 0.29) is 23.7 Å². The summed E-state index contributed by atoms with van der Waals surface area (Å²) in [7, 11) is 1.62.